The van der Waals surface area contributed by atoms with E-state index in [1.165, 1.54) is 5.56 Å². The van der Waals surface area contributed by atoms with Crippen LogP contribution < -0.4 is 15.0 Å². The molecule has 0 unspecified atom stereocenters. The summed E-state index contributed by atoms with van der Waals surface area (Å²) >= 11 is 0. The van der Waals surface area contributed by atoms with Crippen LogP contribution in [-0.4, -0.2) is 47.1 Å². The summed E-state index contributed by atoms with van der Waals surface area (Å²) in [4.78, 5) is 26.1. The lowest BCUT2D eigenvalue weighted by Crippen LogP contribution is -2.31. The number of nitrogens with one attached hydrogen (secondary N) is 1. The second-order valence-electron chi connectivity index (χ2n) is 9.56. The van der Waals surface area contributed by atoms with Gasteiger partial charge in [-0.3, -0.25) is 15.2 Å². The van der Waals surface area contributed by atoms with Crippen molar-refractivity contribution in [2.24, 2.45) is 0 Å². The molecule has 0 spiro atoms. The van der Waals surface area contributed by atoms with Gasteiger partial charge in [-0.05, 0) is 78.1 Å². The predicted octanol–water partition coefficient (Wildman–Crippen LogP) is 5.65. The number of aromatic nitrogens is 2. The van der Waals surface area contributed by atoms with Crippen LogP contribution in [0.25, 0.3) is 11.1 Å². The normalized spacial score (nSPS) is 13.8. The number of nitriles is 1. The summed E-state index contributed by atoms with van der Waals surface area (Å²) in [7, 11) is 0. The molecule has 1 fully saturated rings. The molecule has 0 atom stereocenters. The summed E-state index contributed by atoms with van der Waals surface area (Å²) in [5.41, 5.74) is 5.32. The number of ether oxygens (including phenoxy) is 1. The highest BCUT2D eigenvalue weighted by atomic mass is 16.6. The second-order valence-corrected chi connectivity index (χ2v) is 9.56. The molecule has 1 aliphatic heterocycles. The molecule has 1 saturated heterocycles. The van der Waals surface area contributed by atoms with Gasteiger partial charge in [-0.1, -0.05) is 24.3 Å². The summed E-state index contributed by atoms with van der Waals surface area (Å²) in [5, 5.41) is 11.8. The van der Waals surface area contributed by atoms with E-state index in [4.69, 9.17) is 10.00 Å². The Morgan fingerprint density at radius 2 is 1.90 bits per heavy atom. The third-order valence-electron chi connectivity index (χ3n) is 6.78. The fourth-order valence-corrected chi connectivity index (χ4v) is 4.71. The number of hydrogen-bond acceptors (Lipinski definition) is 7. The molecule has 8 nitrogen and oxygen atoms in total. The van der Waals surface area contributed by atoms with Gasteiger partial charge in [-0.2, -0.15) is 5.26 Å². The number of aryl methyl sites for hydroxylation is 1. The minimum absolute atomic E-state index is 0.433. The smallest absolute Gasteiger partial charge is 0.410 e. The van der Waals surface area contributed by atoms with Gasteiger partial charge in [0, 0.05) is 45.1 Å². The van der Waals surface area contributed by atoms with E-state index in [0.717, 1.165) is 61.7 Å². The van der Waals surface area contributed by atoms with E-state index in [2.05, 4.69) is 37.2 Å². The van der Waals surface area contributed by atoms with E-state index in [9.17, 15) is 4.79 Å². The van der Waals surface area contributed by atoms with E-state index >= 15 is 0 Å². The molecular formula is C31H30N6O2. The standard InChI is InChI=1S/C31H30N6O2/c1-23-5-11-28(18-29(23)26-8-6-24(19-32)7-9-26)39-31(38)35-27-10-12-30(34-21-27)37-15-3-14-36(16-17-37)22-25-4-2-13-33-20-25/h2,4-13,18,20-21H,3,14-17,22H2,1H3,(H,35,38). The van der Waals surface area contributed by atoms with Crippen LogP contribution in [0.1, 0.15) is 23.1 Å². The van der Waals surface area contributed by atoms with Crippen molar-refractivity contribution >= 4 is 17.6 Å². The molecule has 0 saturated carbocycles. The zero-order chi connectivity index (χ0) is 27.0. The molecule has 0 aliphatic carbocycles. The van der Waals surface area contributed by atoms with Crippen LogP contribution in [-0.2, 0) is 6.54 Å². The van der Waals surface area contributed by atoms with E-state index in [1.54, 1.807) is 30.6 Å². The van der Waals surface area contributed by atoms with Crippen molar-refractivity contribution < 1.29 is 9.53 Å². The first-order chi connectivity index (χ1) is 19.1. The van der Waals surface area contributed by atoms with Crippen molar-refractivity contribution in [3.63, 3.8) is 0 Å². The highest BCUT2D eigenvalue weighted by Crippen LogP contribution is 2.28. The molecule has 2 aromatic carbocycles. The Morgan fingerprint density at radius 3 is 2.64 bits per heavy atom. The molecule has 5 rings (SSSR count). The zero-order valence-electron chi connectivity index (χ0n) is 21.9. The molecule has 3 heterocycles. The Labute approximate surface area is 228 Å². The Balaban J connectivity index is 1.16. The molecule has 2 aromatic heterocycles. The Hall–Kier alpha value is -4.74. The molecular weight excluding hydrogens is 488 g/mol. The number of benzene rings is 2. The number of hydrogen-bond donors (Lipinski definition) is 1. The minimum Gasteiger partial charge on any atom is -0.410 e. The quantitative estimate of drug-likeness (QED) is 0.353. The molecule has 0 bridgehead atoms. The molecule has 0 radical (unpaired) electrons. The minimum atomic E-state index is -0.583. The monoisotopic (exact) mass is 518 g/mol. The highest BCUT2D eigenvalue weighted by molar-refractivity contribution is 5.86. The number of amides is 1. The lowest BCUT2D eigenvalue weighted by molar-refractivity contribution is 0.215. The molecule has 8 heteroatoms. The summed E-state index contributed by atoms with van der Waals surface area (Å²) in [6.45, 7) is 6.69. The number of carbonyl (C=O) groups excluding carboxylic acids is 1. The lowest BCUT2D eigenvalue weighted by atomic mass is 9.99. The van der Waals surface area contributed by atoms with Crippen molar-refractivity contribution in [2.75, 3.05) is 36.4 Å². The van der Waals surface area contributed by atoms with Crippen LogP contribution in [0.3, 0.4) is 0 Å². The molecule has 1 aliphatic rings. The van der Waals surface area contributed by atoms with Crippen LogP contribution >= 0.6 is 0 Å². The molecule has 1 N–H and O–H groups in total. The van der Waals surface area contributed by atoms with Gasteiger partial charge in [0.2, 0.25) is 0 Å². The maximum Gasteiger partial charge on any atom is 0.417 e. The van der Waals surface area contributed by atoms with Crippen molar-refractivity contribution in [3.8, 4) is 22.9 Å². The number of carbonyl (C=O) groups is 1. The van der Waals surface area contributed by atoms with Gasteiger partial charge in [-0.15, -0.1) is 0 Å². The van der Waals surface area contributed by atoms with Crippen LogP contribution in [0.4, 0.5) is 16.3 Å². The maximum absolute atomic E-state index is 12.6. The van der Waals surface area contributed by atoms with Gasteiger partial charge in [0.1, 0.15) is 11.6 Å². The highest BCUT2D eigenvalue weighted by Gasteiger charge is 2.17. The van der Waals surface area contributed by atoms with Crippen LogP contribution in [0, 0.1) is 18.3 Å². The van der Waals surface area contributed by atoms with E-state index in [0.29, 0.717) is 17.0 Å². The Morgan fingerprint density at radius 1 is 1.03 bits per heavy atom. The zero-order valence-corrected chi connectivity index (χ0v) is 21.9. The number of rotatable bonds is 6. The molecule has 39 heavy (non-hydrogen) atoms. The third-order valence-corrected chi connectivity index (χ3v) is 6.78. The predicted molar refractivity (Wildman–Crippen MR) is 152 cm³/mol. The topological polar surface area (TPSA) is 94.4 Å². The van der Waals surface area contributed by atoms with Crippen LogP contribution in [0.2, 0.25) is 0 Å². The SMILES string of the molecule is Cc1ccc(OC(=O)Nc2ccc(N3CCCN(Cc4cccnc4)CC3)nc2)cc1-c1ccc(C#N)cc1. The average Bonchev–Trinajstić information content (AvgIpc) is 3.20. The van der Waals surface area contributed by atoms with Crippen LogP contribution in [0.15, 0.2) is 85.3 Å². The summed E-state index contributed by atoms with van der Waals surface area (Å²) in [5.74, 6) is 1.32. The lowest BCUT2D eigenvalue weighted by Gasteiger charge is -2.23. The third kappa shape index (κ3) is 6.78. The molecule has 1 amide bonds. The van der Waals surface area contributed by atoms with E-state index in [1.807, 2.05) is 55.6 Å². The number of anilines is 2. The van der Waals surface area contributed by atoms with Gasteiger partial charge in [-0.25, -0.2) is 9.78 Å². The Bertz CT molecular complexity index is 1450. The van der Waals surface area contributed by atoms with Gasteiger partial charge < -0.3 is 9.64 Å². The Kier molecular flexibility index (Phi) is 8.10. The first-order valence-corrected chi connectivity index (χ1v) is 13.0. The van der Waals surface area contributed by atoms with Crippen molar-refractivity contribution in [2.45, 2.75) is 19.9 Å². The van der Waals surface area contributed by atoms with Gasteiger partial charge in [0.15, 0.2) is 0 Å². The van der Waals surface area contributed by atoms with Crippen LogP contribution in [0.5, 0.6) is 5.75 Å². The van der Waals surface area contributed by atoms with Crippen molar-refractivity contribution in [1.82, 2.24) is 14.9 Å². The first-order valence-electron chi connectivity index (χ1n) is 13.0. The first kappa shape index (κ1) is 25.9. The van der Waals surface area contributed by atoms with E-state index < -0.39 is 6.09 Å². The summed E-state index contributed by atoms with van der Waals surface area (Å²) < 4.78 is 5.55. The number of nitrogens with zero attached hydrogens (tertiary/aromatic N) is 5. The van der Waals surface area contributed by atoms with Gasteiger partial charge >= 0.3 is 6.09 Å². The molecule has 196 valence electrons. The van der Waals surface area contributed by atoms with Crippen molar-refractivity contribution in [3.05, 3.63) is 102 Å². The maximum atomic E-state index is 12.6. The molecule has 4 aromatic rings. The fraction of sp³-hybridized carbons (Fsp3) is 0.226. The van der Waals surface area contributed by atoms with Crippen molar-refractivity contribution in [1.29, 1.82) is 5.26 Å². The number of pyridine rings is 2. The largest absolute Gasteiger partial charge is 0.417 e. The van der Waals surface area contributed by atoms with Gasteiger partial charge in [0.05, 0.1) is 23.5 Å². The van der Waals surface area contributed by atoms with E-state index in [-0.39, 0.29) is 0 Å². The summed E-state index contributed by atoms with van der Waals surface area (Å²) in [6.07, 6.45) is 5.85. The average molecular weight is 519 g/mol. The second kappa shape index (κ2) is 12.2. The summed E-state index contributed by atoms with van der Waals surface area (Å²) in [6, 6.07) is 22.8. The van der Waals surface area contributed by atoms with Gasteiger partial charge in [0.25, 0.3) is 0 Å². The fourth-order valence-electron chi connectivity index (χ4n) is 4.71.